The van der Waals surface area contributed by atoms with Crippen LogP contribution in [0.3, 0.4) is 0 Å². The molecule has 0 aromatic rings. The van der Waals surface area contributed by atoms with E-state index in [9.17, 15) is 8.78 Å². The SMILES string of the molecule is COC1=NNC(C(C)(F)F)C=C1C. The zero-order chi connectivity index (χ0) is 10.1. The number of hydrazone groups is 1. The van der Waals surface area contributed by atoms with E-state index in [1.807, 2.05) is 0 Å². The Morgan fingerprint density at radius 3 is 2.62 bits per heavy atom. The van der Waals surface area contributed by atoms with Gasteiger partial charge in [-0.15, -0.1) is 5.10 Å². The standard InChI is InChI=1S/C8H12F2N2O/c1-5-4-6(8(2,9)10)11-12-7(5)13-3/h4,6,11H,1-3H3. The van der Waals surface area contributed by atoms with Gasteiger partial charge in [0, 0.05) is 12.5 Å². The van der Waals surface area contributed by atoms with Crippen LogP contribution in [0.4, 0.5) is 8.78 Å². The smallest absolute Gasteiger partial charge is 0.270 e. The van der Waals surface area contributed by atoms with Crippen LogP contribution in [0.25, 0.3) is 0 Å². The first-order chi connectivity index (χ1) is 5.95. The van der Waals surface area contributed by atoms with Gasteiger partial charge in [0.05, 0.1) is 7.11 Å². The molecular formula is C8H12F2N2O. The van der Waals surface area contributed by atoms with E-state index in [1.165, 1.54) is 13.2 Å². The molecule has 1 heterocycles. The molecule has 0 amide bonds. The summed E-state index contributed by atoms with van der Waals surface area (Å²) in [5.74, 6) is -2.47. The van der Waals surface area contributed by atoms with E-state index in [1.54, 1.807) is 6.92 Å². The Hall–Kier alpha value is -1.13. The summed E-state index contributed by atoms with van der Waals surface area (Å²) in [7, 11) is 1.45. The van der Waals surface area contributed by atoms with E-state index in [2.05, 4.69) is 10.5 Å². The van der Waals surface area contributed by atoms with Gasteiger partial charge >= 0.3 is 0 Å². The Kier molecular flexibility index (Phi) is 2.54. The van der Waals surface area contributed by atoms with Gasteiger partial charge in [0.2, 0.25) is 5.90 Å². The van der Waals surface area contributed by atoms with Crippen LogP contribution in [-0.2, 0) is 4.74 Å². The Balaban J connectivity index is 2.78. The minimum atomic E-state index is -2.82. The lowest BCUT2D eigenvalue weighted by molar-refractivity contribution is -0.00312. The Morgan fingerprint density at radius 2 is 2.23 bits per heavy atom. The number of alkyl halides is 2. The molecule has 3 nitrogen and oxygen atoms in total. The molecule has 1 atom stereocenters. The van der Waals surface area contributed by atoms with Crippen molar-refractivity contribution in [2.24, 2.45) is 5.10 Å². The van der Waals surface area contributed by atoms with Gasteiger partial charge in [-0.1, -0.05) is 0 Å². The summed E-state index contributed by atoms with van der Waals surface area (Å²) >= 11 is 0. The lowest BCUT2D eigenvalue weighted by atomic mass is 10.1. The van der Waals surface area contributed by atoms with Gasteiger partial charge in [0.1, 0.15) is 6.04 Å². The van der Waals surface area contributed by atoms with E-state index in [4.69, 9.17) is 4.74 Å². The highest BCUT2D eigenvalue weighted by molar-refractivity contribution is 5.93. The second-order valence-electron chi connectivity index (χ2n) is 3.03. The van der Waals surface area contributed by atoms with Gasteiger partial charge in [0.15, 0.2) is 0 Å². The molecule has 1 rings (SSSR count). The molecule has 0 saturated heterocycles. The first-order valence-electron chi connectivity index (χ1n) is 3.89. The fourth-order valence-corrected chi connectivity index (χ4v) is 1.04. The Labute approximate surface area is 75.5 Å². The number of hydrogen-bond acceptors (Lipinski definition) is 3. The Bertz CT molecular complexity index is 255. The number of rotatable bonds is 1. The summed E-state index contributed by atoms with van der Waals surface area (Å²) in [6, 6.07) is -1.05. The first kappa shape index (κ1) is 9.95. The topological polar surface area (TPSA) is 33.6 Å². The third-order valence-corrected chi connectivity index (χ3v) is 1.80. The van der Waals surface area contributed by atoms with Crippen LogP contribution in [-0.4, -0.2) is 25.0 Å². The highest BCUT2D eigenvalue weighted by atomic mass is 19.3. The van der Waals surface area contributed by atoms with Crippen molar-refractivity contribution in [2.75, 3.05) is 7.11 Å². The molecule has 5 heteroatoms. The summed E-state index contributed by atoms with van der Waals surface area (Å²) in [4.78, 5) is 0. The van der Waals surface area contributed by atoms with E-state index in [-0.39, 0.29) is 0 Å². The molecular weight excluding hydrogens is 178 g/mol. The molecule has 0 spiro atoms. The molecule has 0 fully saturated rings. The zero-order valence-electron chi connectivity index (χ0n) is 7.77. The minimum absolute atomic E-state index is 0.348. The molecule has 0 radical (unpaired) electrons. The summed E-state index contributed by atoms with van der Waals surface area (Å²) in [5, 5.41) is 3.67. The number of nitrogens with zero attached hydrogens (tertiary/aromatic N) is 1. The van der Waals surface area contributed by atoms with Gasteiger partial charge in [-0.05, 0) is 13.0 Å². The van der Waals surface area contributed by atoms with E-state index >= 15 is 0 Å². The average molecular weight is 190 g/mol. The molecule has 1 N–H and O–H groups in total. The van der Waals surface area contributed by atoms with Crippen molar-refractivity contribution < 1.29 is 13.5 Å². The summed E-state index contributed by atoms with van der Waals surface area (Å²) in [6.07, 6.45) is 1.41. The third kappa shape index (κ3) is 2.17. The zero-order valence-corrected chi connectivity index (χ0v) is 7.77. The maximum absolute atomic E-state index is 12.8. The number of nitrogens with one attached hydrogen (secondary N) is 1. The van der Waals surface area contributed by atoms with Crippen molar-refractivity contribution in [3.05, 3.63) is 11.6 Å². The average Bonchev–Trinajstić information content (AvgIpc) is 2.02. The molecule has 1 unspecified atom stereocenters. The number of hydrogen-bond donors (Lipinski definition) is 1. The maximum Gasteiger partial charge on any atom is 0.270 e. The van der Waals surface area contributed by atoms with E-state index in [0.29, 0.717) is 11.5 Å². The van der Waals surface area contributed by atoms with Crippen LogP contribution in [0.5, 0.6) is 0 Å². The fraction of sp³-hybridized carbons (Fsp3) is 0.625. The molecule has 13 heavy (non-hydrogen) atoms. The van der Waals surface area contributed by atoms with Gasteiger partial charge in [0.25, 0.3) is 5.92 Å². The van der Waals surface area contributed by atoms with Crippen molar-refractivity contribution in [1.82, 2.24) is 5.43 Å². The third-order valence-electron chi connectivity index (χ3n) is 1.80. The predicted molar refractivity (Wildman–Crippen MR) is 45.7 cm³/mol. The monoisotopic (exact) mass is 190 g/mol. The molecule has 0 aromatic carbocycles. The van der Waals surface area contributed by atoms with E-state index < -0.39 is 12.0 Å². The number of halogens is 2. The molecule has 74 valence electrons. The summed E-state index contributed by atoms with van der Waals surface area (Å²) in [5.41, 5.74) is 2.95. The minimum Gasteiger partial charge on any atom is -0.480 e. The van der Waals surface area contributed by atoms with Crippen molar-refractivity contribution in [2.45, 2.75) is 25.8 Å². The Morgan fingerprint density at radius 1 is 1.62 bits per heavy atom. The van der Waals surface area contributed by atoms with Crippen molar-refractivity contribution in [3.8, 4) is 0 Å². The normalized spacial score (nSPS) is 23.0. The van der Waals surface area contributed by atoms with Gasteiger partial charge in [-0.3, -0.25) is 5.43 Å². The summed E-state index contributed by atoms with van der Waals surface area (Å²) in [6.45, 7) is 2.53. The predicted octanol–water partition coefficient (Wildman–Crippen LogP) is 1.52. The lowest BCUT2D eigenvalue weighted by Crippen LogP contribution is -2.42. The molecule has 0 aromatic heterocycles. The van der Waals surface area contributed by atoms with Crippen LogP contribution in [0.15, 0.2) is 16.8 Å². The van der Waals surface area contributed by atoms with Crippen LogP contribution in [0, 0.1) is 0 Å². The van der Waals surface area contributed by atoms with Crippen molar-refractivity contribution >= 4 is 5.90 Å². The fourth-order valence-electron chi connectivity index (χ4n) is 1.04. The second kappa shape index (κ2) is 3.32. The van der Waals surface area contributed by atoms with Crippen LogP contribution in [0.1, 0.15) is 13.8 Å². The highest BCUT2D eigenvalue weighted by Gasteiger charge is 2.34. The number of methoxy groups -OCH3 is 1. The molecule has 0 saturated carbocycles. The van der Waals surface area contributed by atoms with E-state index in [0.717, 1.165) is 6.92 Å². The lowest BCUT2D eigenvalue weighted by Gasteiger charge is -2.24. The van der Waals surface area contributed by atoms with Crippen LogP contribution < -0.4 is 5.43 Å². The van der Waals surface area contributed by atoms with Crippen molar-refractivity contribution in [1.29, 1.82) is 0 Å². The van der Waals surface area contributed by atoms with Crippen LogP contribution >= 0.6 is 0 Å². The second-order valence-corrected chi connectivity index (χ2v) is 3.03. The number of ether oxygens (including phenoxy) is 1. The quantitative estimate of drug-likeness (QED) is 0.680. The van der Waals surface area contributed by atoms with Gasteiger partial charge < -0.3 is 4.74 Å². The van der Waals surface area contributed by atoms with Gasteiger partial charge in [-0.25, -0.2) is 8.78 Å². The van der Waals surface area contributed by atoms with Crippen LogP contribution in [0.2, 0.25) is 0 Å². The first-order valence-corrected chi connectivity index (χ1v) is 3.89. The molecule has 0 aliphatic carbocycles. The summed E-state index contributed by atoms with van der Waals surface area (Å²) < 4.78 is 30.4. The molecule has 1 aliphatic heterocycles. The maximum atomic E-state index is 12.8. The molecule has 0 bridgehead atoms. The largest absolute Gasteiger partial charge is 0.480 e. The highest BCUT2D eigenvalue weighted by Crippen LogP contribution is 2.21. The molecule has 1 aliphatic rings. The van der Waals surface area contributed by atoms with Crippen molar-refractivity contribution in [3.63, 3.8) is 0 Å². The van der Waals surface area contributed by atoms with Gasteiger partial charge in [-0.2, -0.15) is 0 Å².